The van der Waals surface area contributed by atoms with Crippen molar-refractivity contribution in [1.29, 1.82) is 5.26 Å². The molecule has 2 heterocycles. The highest BCUT2D eigenvalue weighted by Gasteiger charge is 2.17. The Morgan fingerprint density at radius 3 is 2.64 bits per heavy atom. The van der Waals surface area contributed by atoms with Crippen molar-refractivity contribution >= 4 is 11.8 Å². The van der Waals surface area contributed by atoms with Gasteiger partial charge in [0, 0.05) is 46.0 Å². The molecule has 0 saturated heterocycles. The Balaban J connectivity index is 1.59. The molecular formula is C24H33N9. The molecule has 0 radical (unpaired) electrons. The number of hydrogen-bond donors (Lipinski definition) is 2. The summed E-state index contributed by atoms with van der Waals surface area (Å²) in [5.41, 5.74) is 10.5. The molecule has 0 fully saturated rings. The van der Waals surface area contributed by atoms with Crippen LogP contribution in [-0.4, -0.2) is 51.1 Å². The minimum atomic E-state index is 0.363. The Hall–Kier alpha value is -3.80. The predicted octanol–water partition coefficient (Wildman–Crippen LogP) is 2.82. The molecule has 1 aromatic carbocycles. The highest BCUT2D eigenvalue weighted by Crippen LogP contribution is 2.21. The fraction of sp³-hybridized carbons (Fsp3) is 0.417. The van der Waals surface area contributed by atoms with Crippen molar-refractivity contribution in [2.24, 2.45) is 12.0 Å². The largest absolute Gasteiger partial charge is 0.382 e. The number of aromatic nitrogens is 4. The van der Waals surface area contributed by atoms with Crippen molar-refractivity contribution < 1.29 is 0 Å². The maximum atomic E-state index is 9.59. The van der Waals surface area contributed by atoms with E-state index in [-0.39, 0.29) is 0 Å². The number of para-hydroxylation sites is 1. The second-order valence-corrected chi connectivity index (χ2v) is 8.37. The van der Waals surface area contributed by atoms with Crippen LogP contribution in [0.4, 0.5) is 5.82 Å². The van der Waals surface area contributed by atoms with Crippen LogP contribution in [0.3, 0.4) is 0 Å². The summed E-state index contributed by atoms with van der Waals surface area (Å²) in [4.78, 5) is 6.50. The topological polar surface area (TPSA) is 113 Å². The van der Waals surface area contributed by atoms with Gasteiger partial charge in [-0.05, 0) is 30.9 Å². The van der Waals surface area contributed by atoms with Gasteiger partial charge in [0.2, 0.25) is 0 Å². The Morgan fingerprint density at radius 2 is 2.00 bits per heavy atom. The highest BCUT2D eigenvalue weighted by atomic mass is 15.3. The van der Waals surface area contributed by atoms with Crippen LogP contribution in [0.25, 0.3) is 5.69 Å². The van der Waals surface area contributed by atoms with E-state index in [2.05, 4.69) is 51.5 Å². The van der Waals surface area contributed by atoms with Gasteiger partial charge in [-0.1, -0.05) is 32.0 Å². The third-order valence-electron chi connectivity index (χ3n) is 5.44. The molecule has 0 atom stereocenters. The summed E-state index contributed by atoms with van der Waals surface area (Å²) in [6.45, 7) is 5.72. The zero-order chi connectivity index (χ0) is 24.0. The quantitative estimate of drug-likeness (QED) is 0.312. The van der Waals surface area contributed by atoms with Gasteiger partial charge in [0.15, 0.2) is 5.96 Å². The van der Waals surface area contributed by atoms with Crippen LogP contribution >= 0.6 is 0 Å². The number of hydrogen-bond acceptors (Lipinski definition) is 5. The van der Waals surface area contributed by atoms with E-state index >= 15 is 0 Å². The second-order valence-electron chi connectivity index (χ2n) is 8.37. The maximum Gasteiger partial charge on any atom is 0.193 e. The Kier molecular flexibility index (Phi) is 7.72. The number of aryl methyl sites for hydroxylation is 2. The number of rotatable bonds is 8. The molecule has 0 aliphatic heterocycles. The number of anilines is 1. The lowest BCUT2D eigenvalue weighted by Crippen LogP contribution is -2.39. The number of benzene rings is 1. The summed E-state index contributed by atoms with van der Waals surface area (Å²) in [5, 5.41) is 22.2. The van der Waals surface area contributed by atoms with Gasteiger partial charge in [0.1, 0.15) is 17.5 Å². The monoisotopic (exact) mass is 447 g/mol. The van der Waals surface area contributed by atoms with Gasteiger partial charge in [-0.2, -0.15) is 15.5 Å². The molecular weight excluding hydrogens is 414 g/mol. The lowest BCUT2D eigenvalue weighted by atomic mass is 10.1. The van der Waals surface area contributed by atoms with Gasteiger partial charge in [0.25, 0.3) is 0 Å². The first-order chi connectivity index (χ1) is 15.8. The van der Waals surface area contributed by atoms with Crippen LogP contribution in [0.1, 0.15) is 48.7 Å². The van der Waals surface area contributed by atoms with E-state index in [9.17, 15) is 5.26 Å². The Bertz CT molecular complexity index is 1130. The van der Waals surface area contributed by atoms with E-state index in [1.807, 2.05) is 49.1 Å². The molecule has 0 aliphatic rings. The van der Waals surface area contributed by atoms with E-state index in [0.29, 0.717) is 36.0 Å². The first-order valence-electron chi connectivity index (χ1n) is 11.1. The second kappa shape index (κ2) is 10.7. The van der Waals surface area contributed by atoms with Crippen molar-refractivity contribution in [3.05, 3.63) is 59.0 Å². The minimum absolute atomic E-state index is 0.363. The molecule has 0 saturated carbocycles. The standard InChI is InChI=1S/C24H33N9/c1-17(2)22-18(16-32(5)30-22)15-31(4)24(27-3)28-13-9-12-21-20(14-25)23(26)33(29-21)19-10-7-6-8-11-19/h6-8,10-11,16-17H,9,12-13,15,26H2,1-5H3,(H,27,28). The molecule has 0 amide bonds. The van der Waals surface area contributed by atoms with Gasteiger partial charge in [-0.15, -0.1) is 0 Å². The van der Waals surface area contributed by atoms with Gasteiger partial charge >= 0.3 is 0 Å². The van der Waals surface area contributed by atoms with Crippen LogP contribution in [0, 0.1) is 11.3 Å². The summed E-state index contributed by atoms with van der Waals surface area (Å²) in [6, 6.07) is 11.8. The maximum absolute atomic E-state index is 9.59. The number of nitrogen functional groups attached to an aromatic ring is 1. The average Bonchev–Trinajstić information content (AvgIpc) is 3.33. The fourth-order valence-corrected chi connectivity index (χ4v) is 3.88. The molecule has 9 nitrogen and oxygen atoms in total. The fourth-order valence-electron chi connectivity index (χ4n) is 3.88. The molecule has 0 unspecified atom stereocenters. The number of aliphatic imine (C=N–C) groups is 1. The molecule has 2 aromatic heterocycles. The van der Waals surface area contributed by atoms with Crippen LogP contribution < -0.4 is 11.1 Å². The Morgan fingerprint density at radius 1 is 1.27 bits per heavy atom. The molecule has 174 valence electrons. The van der Waals surface area contributed by atoms with Gasteiger partial charge in [-0.25, -0.2) is 4.68 Å². The molecule has 33 heavy (non-hydrogen) atoms. The van der Waals surface area contributed by atoms with Gasteiger partial charge in [0.05, 0.1) is 17.1 Å². The summed E-state index contributed by atoms with van der Waals surface area (Å²) in [6.07, 6.45) is 3.49. The SMILES string of the molecule is CN=C(NCCCc1nn(-c2ccccc2)c(N)c1C#N)N(C)Cc1cn(C)nc1C(C)C. The Labute approximate surface area is 195 Å². The molecule has 9 heteroatoms. The number of nitriles is 1. The highest BCUT2D eigenvalue weighted by molar-refractivity contribution is 5.79. The first-order valence-corrected chi connectivity index (χ1v) is 11.1. The number of nitrogens with two attached hydrogens (primary N) is 1. The average molecular weight is 448 g/mol. The predicted molar refractivity (Wildman–Crippen MR) is 131 cm³/mol. The normalized spacial score (nSPS) is 11.6. The number of nitrogens with zero attached hydrogens (tertiary/aromatic N) is 7. The molecule has 3 rings (SSSR count). The van der Waals surface area contributed by atoms with Crippen molar-refractivity contribution in [3.63, 3.8) is 0 Å². The van der Waals surface area contributed by atoms with Crippen LogP contribution in [-0.2, 0) is 20.0 Å². The zero-order valence-corrected chi connectivity index (χ0v) is 20.1. The summed E-state index contributed by atoms with van der Waals surface area (Å²) in [7, 11) is 5.74. The summed E-state index contributed by atoms with van der Waals surface area (Å²) in [5.74, 6) is 1.55. The zero-order valence-electron chi connectivity index (χ0n) is 20.1. The lowest BCUT2D eigenvalue weighted by Gasteiger charge is -2.22. The van der Waals surface area contributed by atoms with Crippen molar-refractivity contribution in [1.82, 2.24) is 29.8 Å². The van der Waals surface area contributed by atoms with Crippen LogP contribution in [0.15, 0.2) is 41.5 Å². The number of nitrogens with one attached hydrogen (secondary N) is 1. The van der Waals surface area contributed by atoms with Crippen molar-refractivity contribution in [3.8, 4) is 11.8 Å². The van der Waals surface area contributed by atoms with Gasteiger partial charge in [-0.3, -0.25) is 9.67 Å². The van der Waals surface area contributed by atoms with Gasteiger partial charge < -0.3 is 16.0 Å². The molecule has 0 spiro atoms. The molecule has 0 aliphatic carbocycles. The summed E-state index contributed by atoms with van der Waals surface area (Å²) < 4.78 is 3.50. The lowest BCUT2D eigenvalue weighted by molar-refractivity contribution is 0.472. The molecule has 0 bridgehead atoms. The summed E-state index contributed by atoms with van der Waals surface area (Å²) >= 11 is 0. The smallest absolute Gasteiger partial charge is 0.193 e. The third kappa shape index (κ3) is 5.52. The molecule has 3 aromatic rings. The van der Waals surface area contributed by atoms with Crippen molar-refractivity contribution in [2.45, 2.75) is 39.2 Å². The van der Waals surface area contributed by atoms with Crippen LogP contribution in [0.5, 0.6) is 0 Å². The molecule has 3 N–H and O–H groups in total. The third-order valence-corrected chi connectivity index (χ3v) is 5.44. The van der Waals surface area contributed by atoms with E-state index in [1.165, 1.54) is 5.56 Å². The van der Waals surface area contributed by atoms with E-state index in [0.717, 1.165) is 30.3 Å². The first kappa shape index (κ1) is 23.9. The van der Waals surface area contributed by atoms with E-state index in [4.69, 9.17) is 5.73 Å². The van der Waals surface area contributed by atoms with Crippen LogP contribution in [0.2, 0.25) is 0 Å². The van der Waals surface area contributed by atoms with Crippen molar-refractivity contribution in [2.75, 3.05) is 26.4 Å². The van der Waals surface area contributed by atoms with E-state index in [1.54, 1.807) is 11.7 Å². The number of guanidine groups is 1. The van der Waals surface area contributed by atoms with E-state index < -0.39 is 0 Å². The minimum Gasteiger partial charge on any atom is -0.382 e.